The van der Waals surface area contributed by atoms with Crippen LogP contribution in [0.1, 0.15) is 0 Å². The van der Waals surface area contributed by atoms with Crippen molar-refractivity contribution in [1.82, 2.24) is 0 Å². The quantitative estimate of drug-likeness (QED) is 0.579. The first kappa shape index (κ1) is 8.65. The van der Waals surface area contributed by atoms with Gasteiger partial charge >= 0.3 is 0 Å². The molecule has 0 fully saturated rings. The molecule has 0 amide bonds. The number of halogens is 1. The molecule has 0 saturated heterocycles. The van der Waals surface area contributed by atoms with Crippen molar-refractivity contribution in [3.63, 3.8) is 0 Å². The second-order valence-electron chi connectivity index (χ2n) is 2.52. The molecule has 1 heterocycles. The van der Waals surface area contributed by atoms with Crippen molar-refractivity contribution >= 4 is 43.0 Å². The molecule has 0 aliphatic rings. The molecular weight excluding hydrogens is 254 g/mol. The van der Waals surface area contributed by atoms with Gasteiger partial charge in [0.15, 0.2) is 0 Å². The third-order valence-corrected chi connectivity index (χ3v) is 3.10. The molecule has 0 saturated carbocycles. The Labute approximate surface area is 86.3 Å². The van der Waals surface area contributed by atoms with Gasteiger partial charge in [0.1, 0.15) is 4.70 Å². The van der Waals surface area contributed by atoms with E-state index < -0.39 is 0 Å². The van der Waals surface area contributed by atoms with Gasteiger partial charge < -0.3 is 0 Å². The average Bonchev–Trinajstić information content (AvgIpc) is 2.49. The smallest absolute Gasteiger partial charge is 0.258 e. The summed E-state index contributed by atoms with van der Waals surface area (Å²) < 4.78 is 1.47. The molecule has 0 bridgehead atoms. The van der Waals surface area contributed by atoms with E-state index >= 15 is 0 Å². The van der Waals surface area contributed by atoms with Crippen LogP contribution in [0, 0.1) is 10.1 Å². The van der Waals surface area contributed by atoms with Crippen molar-refractivity contribution in [3.8, 4) is 0 Å². The van der Waals surface area contributed by atoms with Gasteiger partial charge in [-0.25, -0.2) is 0 Å². The lowest BCUT2D eigenvalue weighted by atomic mass is 10.2. The molecule has 2 aromatic rings. The zero-order chi connectivity index (χ0) is 9.42. The van der Waals surface area contributed by atoms with E-state index in [1.54, 1.807) is 0 Å². The summed E-state index contributed by atoms with van der Waals surface area (Å²) in [5, 5.41) is 13.4. The van der Waals surface area contributed by atoms with E-state index in [2.05, 4.69) is 15.9 Å². The first-order chi connectivity index (χ1) is 6.18. The van der Waals surface area contributed by atoms with Crippen LogP contribution in [0.5, 0.6) is 0 Å². The van der Waals surface area contributed by atoms with Gasteiger partial charge in [-0.3, -0.25) is 10.1 Å². The molecule has 0 N–H and O–H groups in total. The highest BCUT2D eigenvalue weighted by Gasteiger charge is 2.13. The van der Waals surface area contributed by atoms with Gasteiger partial charge in [-0.1, -0.05) is 15.9 Å². The Morgan fingerprint density at radius 2 is 2.23 bits per heavy atom. The minimum atomic E-state index is -0.358. The van der Waals surface area contributed by atoms with E-state index in [0.717, 1.165) is 14.6 Å². The molecule has 66 valence electrons. The van der Waals surface area contributed by atoms with Gasteiger partial charge in [0.2, 0.25) is 0 Å². The largest absolute Gasteiger partial charge is 0.288 e. The molecular formula is C8H4BrNO2S. The van der Waals surface area contributed by atoms with E-state index in [1.165, 1.54) is 17.4 Å². The van der Waals surface area contributed by atoms with Crippen molar-refractivity contribution in [2.75, 3.05) is 0 Å². The Morgan fingerprint density at radius 3 is 2.92 bits per heavy atom. The number of benzene rings is 1. The molecule has 0 spiro atoms. The zero-order valence-corrected chi connectivity index (χ0v) is 8.76. The van der Waals surface area contributed by atoms with Gasteiger partial charge in [0.25, 0.3) is 5.69 Å². The Bertz CT molecular complexity index is 480. The highest BCUT2D eigenvalue weighted by atomic mass is 79.9. The minimum Gasteiger partial charge on any atom is -0.258 e. The van der Waals surface area contributed by atoms with Crippen LogP contribution in [0.15, 0.2) is 28.1 Å². The van der Waals surface area contributed by atoms with E-state index in [1.807, 2.05) is 17.5 Å². The summed E-state index contributed by atoms with van der Waals surface area (Å²) in [6.07, 6.45) is 0. The molecule has 5 heteroatoms. The van der Waals surface area contributed by atoms with Crippen molar-refractivity contribution in [2.24, 2.45) is 0 Å². The summed E-state index contributed by atoms with van der Waals surface area (Å²) in [5.74, 6) is 0. The fourth-order valence-electron chi connectivity index (χ4n) is 1.16. The first-order valence-corrected chi connectivity index (χ1v) is 5.17. The molecule has 1 aromatic heterocycles. The number of nitro benzene ring substituents is 1. The fourth-order valence-corrected chi connectivity index (χ4v) is 2.49. The normalized spacial score (nSPS) is 10.5. The van der Waals surface area contributed by atoms with E-state index in [0.29, 0.717) is 0 Å². The lowest BCUT2D eigenvalue weighted by Crippen LogP contribution is -1.87. The summed E-state index contributed by atoms with van der Waals surface area (Å²) in [5.41, 5.74) is 0.166. The summed E-state index contributed by atoms with van der Waals surface area (Å²) >= 11 is 4.62. The number of hydrogen-bond acceptors (Lipinski definition) is 3. The van der Waals surface area contributed by atoms with Crippen molar-refractivity contribution < 1.29 is 4.92 Å². The predicted molar refractivity (Wildman–Crippen MR) is 56.2 cm³/mol. The average molecular weight is 258 g/mol. The molecule has 0 unspecified atom stereocenters. The summed E-state index contributed by atoms with van der Waals surface area (Å²) in [6.45, 7) is 0. The van der Waals surface area contributed by atoms with Crippen molar-refractivity contribution in [3.05, 3.63) is 38.2 Å². The maximum absolute atomic E-state index is 10.7. The van der Waals surface area contributed by atoms with E-state index in [4.69, 9.17) is 0 Å². The fraction of sp³-hybridized carbons (Fsp3) is 0. The molecule has 13 heavy (non-hydrogen) atoms. The highest BCUT2D eigenvalue weighted by Crippen LogP contribution is 2.33. The number of thiophene rings is 1. The number of rotatable bonds is 1. The molecule has 3 nitrogen and oxygen atoms in total. The second kappa shape index (κ2) is 3.08. The Morgan fingerprint density at radius 1 is 1.46 bits per heavy atom. The van der Waals surface area contributed by atoms with Crippen LogP contribution < -0.4 is 0 Å². The van der Waals surface area contributed by atoms with Gasteiger partial charge in [0.05, 0.1) is 4.92 Å². The van der Waals surface area contributed by atoms with Crippen LogP contribution in [0.4, 0.5) is 5.69 Å². The second-order valence-corrected chi connectivity index (χ2v) is 4.35. The number of fused-ring (bicyclic) bond motifs is 1. The van der Waals surface area contributed by atoms with Crippen LogP contribution in [0.2, 0.25) is 0 Å². The topological polar surface area (TPSA) is 43.1 Å². The van der Waals surface area contributed by atoms with Crippen LogP contribution in [-0.2, 0) is 0 Å². The Balaban J connectivity index is 2.84. The zero-order valence-electron chi connectivity index (χ0n) is 6.36. The number of hydrogen-bond donors (Lipinski definition) is 0. The SMILES string of the molecule is O=[N+]([O-])c1cc(Br)cc2ccsc12. The maximum atomic E-state index is 10.7. The summed E-state index contributed by atoms with van der Waals surface area (Å²) in [7, 11) is 0. The monoisotopic (exact) mass is 257 g/mol. The molecule has 0 aliphatic heterocycles. The highest BCUT2D eigenvalue weighted by molar-refractivity contribution is 9.10. The van der Waals surface area contributed by atoms with Crippen LogP contribution in [0.3, 0.4) is 0 Å². The summed E-state index contributed by atoms with van der Waals surface area (Å²) in [4.78, 5) is 10.3. The predicted octanol–water partition coefficient (Wildman–Crippen LogP) is 3.57. The number of non-ortho nitro benzene ring substituents is 1. The lowest BCUT2D eigenvalue weighted by molar-refractivity contribution is -0.382. The van der Waals surface area contributed by atoms with Crippen LogP contribution in [-0.4, -0.2) is 4.92 Å². The third-order valence-electron chi connectivity index (χ3n) is 1.69. The minimum absolute atomic E-state index is 0.166. The maximum Gasteiger partial charge on any atom is 0.288 e. The standard InChI is InChI=1S/C8H4BrNO2S/c9-6-3-5-1-2-13-8(5)7(4-6)10(11)12/h1-4H. The summed E-state index contributed by atoms with van der Waals surface area (Å²) in [6, 6.07) is 5.27. The molecule has 0 radical (unpaired) electrons. The van der Waals surface area contributed by atoms with Gasteiger partial charge in [-0.05, 0) is 17.5 Å². The van der Waals surface area contributed by atoms with Gasteiger partial charge in [-0.2, -0.15) is 0 Å². The molecule has 0 aliphatic carbocycles. The van der Waals surface area contributed by atoms with Crippen molar-refractivity contribution in [1.29, 1.82) is 0 Å². The van der Waals surface area contributed by atoms with Gasteiger partial charge in [-0.15, -0.1) is 11.3 Å². The van der Waals surface area contributed by atoms with E-state index in [-0.39, 0.29) is 10.6 Å². The van der Waals surface area contributed by atoms with Crippen molar-refractivity contribution in [2.45, 2.75) is 0 Å². The van der Waals surface area contributed by atoms with Crippen LogP contribution >= 0.6 is 27.3 Å². The van der Waals surface area contributed by atoms with E-state index in [9.17, 15) is 10.1 Å². The lowest BCUT2D eigenvalue weighted by Gasteiger charge is -1.94. The Hall–Kier alpha value is -0.940. The molecule has 0 atom stereocenters. The third kappa shape index (κ3) is 1.45. The number of nitrogens with zero attached hydrogens (tertiary/aromatic N) is 1. The van der Waals surface area contributed by atoms with Crippen LogP contribution in [0.25, 0.3) is 10.1 Å². The Kier molecular flexibility index (Phi) is 2.05. The van der Waals surface area contributed by atoms with Gasteiger partial charge in [0, 0.05) is 15.9 Å². The first-order valence-electron chi connectivity index (χ1n) is 3.49. The molecule has 1 aromatic carbocycles. The number of nitro groups is 1. The molecule has 2 rings (SSSR count).